The third-order valence-electron chi connectivity index (χ3n) is 2.63. The Morgan fingerprint density at radius 2 is 1.08 bits per heavy atom. The number of hydrogen-bond acceptors (Lipinski definition) is 2. The second kappa shape index (κ2) is 7.41. The minimum Gasteiger partial charge on any atom is -0.724 e. The van der Waals surface area contributed by atoms with Crippen LogP contribution < -0.4 is 0 Å². The summed E-state index contributed by atoms with van der Waals surface area (Å²) in [7, 11) is 0. The van der Waals surface area contributed by atoms with Crippen molar-refractivity contribution in [3.63, 3.8) is 0 Å². The molecular weight excluding hydrogens is 168 g/mol. The molecule has 0 aromatic carbocycles. The van der Waals surface area contributed by atoms with Crippen LogP contribution in [0.5, 0.6) is 0 Å². The normalized spacial score (nSPS) is 27.1. The molecule has 0 radical (unpaired) electrons. The first-order chi connectivity index (χ1) is 6.28. The zero-order valence-electron chi connectivity index (χ0n) is 7.40. The maximum Gasteiger partial charge on any atom is -0.0159 e. The predicted octanol–water partition coefficient (Wildman–Crippen LogP) is 1.98. The van der Waals surface area contributed by atoms with Crippen LogP contribution in [0.1, 0.15) is 32.1 Å². The standard InChI is InChI=1S/C7H12.2CNO/c1-2-7-4-3-6(1)5-7;2*2-1-3/h6-7H,1-5H2;;/q;2*-1. The molecule has 2 saturated carbocycles. The van der Waals surface area contributed by atoms with Gasteiger partial charge in [0.15, 0.2) is 0 Å². The van der Waals surface area contributed by atoms with Crippen LogP contribution in [0.15, 0.2) is 0 Å². The molecule has 2 rings (SSSR count). The fraction of sp³-hybridized carbons (Fsp3) is 0.778. The van der Waals surface area contributed by atoms with Crippen molar-refractivity contribution in [2.75, 3.05) is 0 Å². The molecule has 2 aliphatic rings. The van der Waals surface area contributed by atoms with Crippen molar-refractivity contribution in [1.29, 1.82) is 0 Å². The summed E-state index contributed by atoms with van der Waals surface area (Å²) in [6.07, 6.45) is 8.82. The van der Waals surface area contributed by atoms with Gasteiger partial charge in [-0.25, -0.2) is 0 Å². The van der Waals surface area contributed by atoms with Gasteiger partial charge in [-0.2, -0.15) is 0 Å². The van der Waals surface area contributed by atoms with Gasteiger partial charge >= 0.3 is 0 Å². The van der Waals surface area contributed by atoms with Crippen molar-refractivity contribution < 1.29 is 9.59 Å². The number of nitrogens with zero attached hydrogens (tertiary/aromatic N) is 2. The molecule has 0 atom stereocenters. The Hall–Kier alpha value is -1.24. The van der Waals surface area contributed by atoms with E-state index in [0.29, 0.717) is 12.2 Å². The van der Waals surface area contributed by atoms with Gasteiger partial charge in [-0.15, -0.1) is 0 Å². The third-order valence-corrected chi connectivity index (χ3v) is 2.63. The number of rotatable bonds is 0. The second-order valence-corrected chi connectivity index (χ2v) is 3.31. The molecule has 0 spiro atoms. The molecule has 0 saturated heterocycles. The van der Waals surface area contributed by atoms with Crippen LogP contribution in [0.4, 0.5) is 0 Å². The maximum absolute atomic E-state index is 8.24. The Balaban J connectivity index is 0.000000208. The molecule has 72 valence electrons. The van der Waals surface area contributed by atoms with Gasteiger partial charge in [-0.1, -0.05) is 25.7 Å². The van der Waals surface area contributed by atoms with E-state index in [-0.39, 0.29) is 0 Å². The molecule has 0 aromatic rings. The van der Waals surface area contributed by atoms with E-state index in [1.165, 1.54) is 11.8 Å². The van der Waals surface area contributed by atoms with Gasteiger partial charge in [0, 0.05) is 0 Å². The van der Waals surface area contributed by atoms with E-state index < -0.39 is 0 Å². The van der Waals surface area contributed by atoms with E-state index in [1.807, 2.05) is 0 Å². The van der Waals surface area contributed by atoms with Crippen LogP contribution >= 0.6 is 0 Å². The van der Waals surface area contributed by atoms with Gasteiger partial charge in [-0.3, -0.25) is 9.59 Å². The number of carbonyl (C=O) groups excluding carboxylic acids is 2. The summed E-state index contributed by atoms with van der Waals surface area (Å²) in [6.45, 7) is 0. The summed E-state index contributed by atoms with van der Waals surface area (Å²) in [5, 5.41) is 13.5. The van der Waals surface area contributed by atoms with Crippen LogP contribution in [0.3, 0.4) is 0 Å². The van der Waals surface area contributed by atoms with Gasteiger partial charge < -0.3 is 10.8 Å². The summed E-state index contributed by atoms with van der Waals surface area (Å²) in [5.41, 5.74) is 0. The van der Waals surface area contributed by atoms with E-state index >= 15 is 0 Å². The average molecular weight is 180 g/mol. The molecule has 2 bridgehead atoms. The Morgan fingerprint density at radius 1 is 0.846 bits per heavy atom. The molecule has 4 heteroatoms. The van der Waals surface area contributed by atoms with E-state index in [9.17, 15) is 0 Å². The zero-order chi connectivity index (χ0) is 10.1. The molecule has 0 unspecified atom stereocenters. The van der Waals surface area contributed by atoms with E-state index in [0.717, 1.165) is 0 Å². The van der Waals surface area contributed by atoms with Crippen LogP contribution in [0, 0.1) is 11.8 Å². The third kappa shape index (κ3) is 5.07. The summed E-state index contributed by atoms with van der Waals surface area (Å²) in [5.74, 6) is 2.34. The summed E-state index contributed by atoms with van der Waals surface area (Å²) >= 11 is 0. The topological polar surface area (TPSA) is 78.7 Å². The molecule has 0 aliphatic heterocycles. The second-order valence-electron chi connectivity index (χ2n) is 3.31. The predicted molar refractivity (Wildman–Crippen MR) is 48.2 cm³/mol. The Morgan fingerprint density at radius 3 is 1.15 bits per heavy atom. The quantitative estimate of drug-likeness (QED) is 0.422. The fourth-order valence-corrected chi connectivity index (χ4v) is 2.17. The lowest BCUT2D eigenvalue weighted by molar-refractivity contribution is 0.480. The van der Waals surface area contributed by atoms with Crippen LogP contribution in [-0.4, -0.2) is 12.2 Å². The summed E-state index contributed by atoms with van der Waals surface area (Å²) in [6, 6.07) is 0. The molecule has 2 aliphatic carbocycles. The maximum atomic E-state index is 8.24. The first-order valence-corrected chi connectivity index (χ1v) is 4.30. The van der Waals surface area contributed by atoms with Crippen LogP contribution in [-0.2, 0) is 9.59 Å². The van der Waals surface area contributed by atoms with E-state index in [4.69, 9.17) is 20.4 Å². The first-order valence-electron chi connectivity index (χ1n) is 4.30. The Labute approximate surface area is 77.4 Å². The molecule has 0 aromatic heterocycles. The van der Waals surface area contributed by atoms with Crippen LogP contribution in [0.2, 0.25) is 0 Å². The van der Waals surface area contributed by atoms with Gasteiger partial charge in [-0.05, 0) is 30.4 Å². The number of hydrogen-bond donors (Lipinski definition) is 0. The number of fused-ring (bicyclic) bond motifs is 2. The van der Waals surface area contributed by atoms with Gasteiger partial charge in [0.25, 0.3) is 0 Å². The van der Waals surface area contributed by atoms with Crippen LogP contribution in [0.25, 0.3) is 10.8 Å². The minimum absolute atomic E-state index is 0.500. The van der Waals surface area contributed by atoms with Crippen molar-refractivity contribution in [3.05, 3.63) is 10.8 Å². The molecule has 0 N–H and O–H groups in total. The van der Waals surface area contributed by atoms with Crippen molar-refractivity contribution >= 4 is 12.2 Å². The fourth-order valence-electron chi connectivity index (χ4n) is 2.17. The van der Waals surface area contributed by atoms with Gasteiger partial charge in [0.1, 0.15) is 0 Å². The SMILES string of the molecule is C1CC2CCC1C2.[N-]=C=O.[N-]=C=O. The van der Waals surface area contributed by atoms with Gasteiger partial charge in [0.2, 0.25) is 0 Å². The van der Waals surface area contributed by atoms with Crippen molar-refractivity contribution in [2.45, 2.75) is 32.1 Å². The van der Waals surface area contributed by atoms with E-state index in [2.05, 4.69) is 0 Å². The highest BCUT2D eigenvalue weighted by Gasteiger charge is 2.30. The lowest BCUT2D eigenvalue weighted by Gasteiger charge is -2.05. The lowest BCUT2D eigenvalue weighted by atomic mass is 10.0. The highest BCUT2D eigenvalue weighted by atomic mass is 16.1. The molecule has 13 heavy (non-hydrogen) atoms. The summed E-state index contributed by atoms with van der Waals surface area (Å²) in [4.78, 5) is 16.5. The largest absolute Gasteiger partial charge is 0.724 e. The monoisotopic (exact) mass is 180 g/mol. The van der Waals surface area contributed by atoms with Gasteiger partial charge in [0.05, 0.1) is 0 Å². The molecule has 4 nitrogen and oxygen atoms in total. The zero-order valence-corrected chi connectivity index (χ0v) is 7.40. The lowest BCUT2D eigenvalue weighted by Crippen LogP contribution is -1.90. The van der Waals surface area contributed by atoms with E-state index in [1.54, 1.807) is 32.1 Å². The first kappa shape index (κ1) is 11.8. The summed E-state index contributed by atoms with van der Waals surface area (Å²) < 4.78 is 0. The minimum atomic E-state index is 0.500. The highest BCUT2D eigenvalue weighted by molar-refractivity contribution is 5.37. The van der Waals surface area contributed by atoms with Crippen molar-refractivity contribution in [3.8, 4) is 0 Å². The van der Waals surface area contributed by atoms with Crippen molar-refractivity contribution in [1.82, 2.24) is 0 Å². The Kier molecular flexibility index (Phi) is 6.70. The van der Waals surface area contributed by atoms with Crippen molar-refractivity contribution in [2.24, 2.45) is 11.8 Å². The molecule has 0 heterocycles. The highest BCUT2D eigenvalue weighted by Crippen LogP contribution is 2.43. The number of isocyanates is 2. The molecule has 0 amide bonds. The average Bonchev–Trinajstić information content (AvgIpc) is 2.69. The smallest absolute Gasteiger partial charge is 0.0159 e. The Bertz CT molecular complexity index is 174. The molecule has 2 fully saturated rings. The molecular formula is C9H12N2O2-2.